The van der Waals surface area contributed by atoms with Crippen molar-refractivity contribution in [3.05, 3.63) is 29.8 Å². The molecule has 1 aromatic rings. The molecule has 1 heterocycles. The highest BCUT2D eigenvalue weighted by Crippen LogP contribution is 2.14. The first kappa shape index (κ1) is 22.6. The van der Waals surface area contributed by atoms with E-state index in [9.17, 15) is 8.42 Å². The lowest BCUT2D eigenvalue weighted by Crippen LogP contribution is -2.49. The molecule has 2 N–H and O–H groups in total. The number of nitrogens with one attached hydrogen (secondary N) is 2. The molecule has 0 spiro atoms. The zero-order valence-electron chi connectivity index (χ0n) is 17.3. The van der Waals surface area contributed by atoms with Crippen LogP contribution >= 0.6 is 0 Å². The molecule has 0 bridgehead atoms. The summed E-state index contributed by atoms with van der Waals surface area (Å²) in [6.45, 7) is 9.77. The van der Waals surface area contributed by atoms with Crippen molar-refractivity contribution in [2.45, 2.75) is 31.3 Å². The number of guanidine groups is 1. The molecule has 1 aliphatic rings. The van der Waals surface area contributed by atoms with Gasteiger partial charge < -0.3 is 15.4 Å². The van der Waals surface area contributed by atoms with E-state index < -0.39 is 10.0 Å². The number of morpholine rings is 1. The zero-order chi connectivity index (χ0) is 20.6. The normalized spacial score (nSPS) is 17.5. The molecule has 1 atom stereocenters. The van der Waals surface area contributed by atoms with Crippen molar-refractivity contribution in [3.63, 3.8) is 0 Å². The molecule has 1 aliphatic heterocycles. The zero-order valence-corrected chi connectivity index (χ0v) is 18.1. The lowest BCUT2D eigenvalue weighted by Gasteiger charge is -2.32. The minimum Gasteiger partial charge on any atom is -0.379 e. The Kier molecular flexibility index (Phi) is 8.68. The first-order valence-electron chi connectivity index (χ1n) is 9.70. The van der Waals surface area contributed by atoms with Crippen molar-refractivity contribution in [3.8, 4) is 0 Å². The Labute approximate surface area is 169 Å². The van der Waals surface area contributed by atoms with Gasteiger partial charge in [0.1, 0.15) is 0 Å². The SMILES string of the molecule is CCNC(=NCc1ccc(S(=O)(=O)N(C)C)cc1)NCC(C)N1CCOCC1. The molecule has 2 rings (SSSR count). The Morgan fingerprint density at radius 1 is 1.21 bits per heavy atom. The Morgan fingerprint density at radius 3 is 2.43 bits per heavy atom. The summed E-state index contributed by atoms with van der Waals surface area (Å²) < 4.78 is 30.9. The molecule has 9 heteroatoms. The summed E-state index contributed by atoms with van der Waals surface area (Å²) in [7, 11) is -0.348. The number of rotatable bonds is 8. The van der Waals surface area contributed by atoms with E-state index >= 15 is 0 Å². The van der Waals surface area contributed by atoms with Crippen molar-refractivity contribution < 1.29 is 13.2 Å². The van der Waals surface area contributed by atoms with Gasteiger partial charge in [0, 0.05) is 46.3 Å². The van der Waals surface area contributed by atoms with Gasteiger partial charge in [-0.3, -0.25) is 4.90 Å². The molecule has 0 saturated carbocycles. The van der Waals surface area contributed by atoms with Gasteiger partial charge >= 0.3 is 0 Å². The van der Waals surface area contributed by atoms with E-state index in [2.05, 4.69) is 27.4 Å². The van der Waals surface area contributed by atoms with E-state index in [-0.39, 0.29) is 4.90 Å². The molecule has 8 nitrogen and oxygen atoms in total. The number of aliphatic imine (C=N–C) groups is 1. The number of sulfonamides is 1. The average molecular weight is 412 g/mol. The third kappa shape index (κ3) is 6.44. The maximum atomic E-state index is 12.1. The van der Waals surface area contributed by atoms with Crippen LogP contribution in [-0.2, 0) is 21.3 Å². The predicted octanol–water partition coefficient (Wildman–Crippen LogP) is 0.713. The smallest absolute Gasteiger partial charge is 0.242 e. The molecule has 1 saturated heterocycles. The molecule has 0 aromatic heterocycles. The molecule has 0 amide bonds. The molecular weight excluding hydrogens is 378 g/mol. The highest BCUT2D eigenvalue weighted by atomic mass is 32.2. The van der Waals surface area contributed by atoms with Gasteiger partial charge in [-0.05, 0) is 31.5 Å². The molecule has 28 heavy (non-hydrogen) atoms. The van der Waals surface area contributed by atoms with Crippen LogP contribution < -0.4 is 10.6 Å². The Balaban J connectivity index is 1.94. The first-order valence-corrected chi connectivity index (χ1v) is 11.1. The maximum absolute atomic E-state index is 12.1. The number of benzene rings is 1. The summed E-state index contributed by atoms with van der Waals surface area (Å²) in [5, 5.41) is 6.65. The second kappa shape index (κ2) is 10.8. The van der Waals surface area contributed by atoms with Crippen molar-refractivity contribution in [1.82, 2.24) is 19.8 Å². The molecule has 1 aromatic carbocycles. The first-order chi connectivity index (χ1) is 13.3. The fourth-order valence-corrected chi connectivity index (χ4v) is 3.78. The quantitative estimate of drug-likeness (QED) is 0.484. The summed E-state index contributed by atoms with van der Waals surface area (Å²) >= 11 is 0. The Hall–Kier alpha value is -1.68. The minimum atomic E-state index is -3.40. The maximum Gasteiger partial charge on any atom is 0.242 e. The molecular formula is C19H33N5O3S. The van der Waals surface area contributed by atoms with Crippen molar-refractivity contribution in [2.75, 3.05) is 53.5 Å². The van der Waals surface area contributed by atoms with E-state index in [4.69, 9.17) is 4.74 Å². The largest absolute Gasteiger partial charge is 0.379 e. The minimum absolute atomic E-state index is 0.287. The van der Waals surface area contributed by atoms with Crippen molar-refractivity contribution in [2.24, 2.45) is 4.99 Å². The van der Waals surface area contributed by atoms with Crippen LogP contribution in [0.4, 0.5) is 0 Å². The Morgan fingerprint density at radius 2 is 1.86 bits per heavy atom. The predicted molar refractivity (Wildman–Crippen MR) is 112 cm³/mol. The van der Waals surface area contributed by atoms with Gasteiger partial charge in [-0.2, -0.15) is 0 Å². The topological polar surface area (TPSA) is 86.3 Å². The summed E-state index contributed by atoms with van der Waals surface area (Å²) in [5.74, 6) is 0.757. The van der Waals surface area contributed by atoms with Crippen LogP contribution in [0.3, 0.4) is 0 Å². The highest BCUT2D eigenvalue weighted by molar-refractivity contribution is 7.89. The number of hydrogen-bond acceptors (Lipinski definition) is 5. The number of ether oxygens (including phenoxy) is 1. The lowest BCUT2D eigenvalue weighted by molar-refractivity contribution is 0.0211. The van der Waals surface area contributed by atoms with Crippen molar-refractivity contribution >= 4 is 16.0 Å². The number of nitrogens with zero attached hydrogens (tertiary/aromatic N) is 3. The molecule has 1 unspecified atom stereocenters. The second-order valence-corrected chi connectivity index (χ2v) is 9.16. The highest BCUT2D eigenvalue weighted by Gasteiger charge is 2.17. The van der Waals surface area contributed by atoms with Crippen LogP contribution in [0.2, 0.25) is 0 Å². The van der Waals surface area contributed by atoms with Gasteiger partial charge in [-0.15, -0.1) is 0 Å². The van der Waals surface area contributed by atoms with Crippen LogP contribution in [0.25, 0.3) is 0 Å². The van der Waals surface area contributed by atoms with E-state index in [1.165, 1.54) is 18.4 Å². The summed E-state index contributed by atoms with van der Waals surface area (Å²) in [6.07, 6.45) is 0. The monoisotopic (exact) mass is 411 g/mol. The van der Waals surface area contributed by atoms with Crippen LogP contribution in [0.1, 0.15) is 19.4 Å². The molecule has 158 valence electrons. The molecule has 1 fully saturated rings. The van der Waals surface area contributed by atoms with Crippen molar-refractivity contribution in [1.29, 1.82) is 0 Å². The van der Waals surface area contributed by atoms with Gasteiger partial charge in [0.15, 0.2) is 5.96 Å². The summed E-state index contributed by atoms with van der Waals surface area (Å²) in [5.41, 5.74) is 0.955. The van der Waals surface area contributed by atoms with Gasteiger partial charge in [0.2, 0.25) is 10.0 Å². The van der Waals surface area contributed by atoms with Crippen LogP contribution in [-0.4, -0.2) is 83.1 Å². The second-order valence-electron chi connectivity index (χ2n) is 7.00. The fraction of sp³-hybridized carbons (Fsp3) is 0.632. The van der Waals surface area contributed by atoms with Gasteiger partial charge in [-0.25, -0.2) is 17.7 Å². The van der Waals surface area contributed by atoms with Gasteiger partial charge in [-0.1, -0.05) is 12.1 Å². The molecule has 0 aliphatic carbocycles. The third-order valence-corrected chi connectivity index (χ3v) is 6.53. The van der Waals surface area contributed by atoms with Crippen LogP contribution in [0.15, 0.2) is 34.2 Å². The Bertz CT molecular complexity index is 728. The lowest BCUT2D eigenvalue weighted by atomic mass is 10.2. The van der Waals surface area contributed by atoms with E-state index in [1.807, 2.05) is 6.92 Å². The number of hydrogen-bond donors (Lipinski definition) is 2. The van der Waals surface area contributed by atoms with Crippen LogP contribution in [0.5, 0.6) is 0 Å². The van der Waals surface area contributed by atoms with Gasteiger partial charge in [0.05, 0.1) is 24.7 Å². The molecule has 0 radical (unpaired) electrons. The van der Waals surface area contributed by atoms with E-state index in [0.29, 0.717) is 12.6 Å². The standard InChI is InChI=1S/C19H33N5O3S/c1-5-20-19(21-14-16(2)24-10-12-27-13-11-24)22-15-17-6-8-18(9-7-17)28(25,26)23(3)4/h6-9,16H,5,10-15H2,1-4H3,(H2,20,21,22). The summed E-state index contributed by atoms with van der Waals surface area (Å²) in [6, 6.07) is 7.25. The average Bonchev–Trinajstić information content (AvgIpc) is 2.70. The van der Waals surface area contributed by atoms with Crippen LogP contribution in [0, 0.1) is 0 Å². The van der Waals surface area contributed by atoms with E-state index in [0.717, 1.165) is 50.9 Å². The fourth-order valence-electron chi connectivity index (χ4n) is 2.88. The third-order valence-electron chi connectivity index (χ3n) is 4.70. The van der Waals surface area contributed by atoms with E-state index in [1.54, 1.807) is 24.3 Å². The van der Waals surface area contributed by atoms with Gasteiger partial charge in [0.25, 0.3) is 0 Å². The summed E-state index contributed by atoms with van der Waals surface area (Å²) in [4.78, 5) is 7.31.